The summed E-state index contributed by atoms with van der Waals surface area (Å²) >= 11 is 0. The van der Waals surface area contributed by atoms with Crippen LogP contribution in [-0.2, 0) is 62.6 Å². The number of carbonyl (C=O) groups is 4. The molecular weight excluding hydrogens is 724 g/mol. The molecule has 52 heavy (non-hydrogen) atoms. The second kappa shape index (κ2) is 23.7. The number of amides is 1. The Bertz CT molecular complexity index is 1300. The van der Waals surface area contributed by atoms with Crippen molar-refractivity contribution in [3.05, 3.63) is 35.9 Å². The van der Waals surface area contributed by atoms with E-state index in [1.54, 1.807) is 71.9 Å². The zero-order valence-corrected chi connectivity index (χ0v) is 33.1. The van der Waals surface area contributed by atoms with Crippen molar-refractivity contribution < 1.29 is 70.8 Å². The van der Waals surface area contributed by atoms with E-state index >= 15 is 0 Å². The first-order valence-corrected chi connectivity index (χ1v) is 20.7. The first-order valence-electron chi connectivity index (χ1n) is 17.6. The van der Waals surface area contributed by atoms with Crippen molar-refractivity contribution in [3.8, 4) is 0 Å². The van der Waals surface area contributed by atoms with Gasteiger partial charge < -0.3 is 33.8 Å². The van der Waals surface area contributed by atoms with Gasteiger partial charge in [-0.3, -0.25) is 37.1 Å². The van der Waals surface area contributed by atoms with E-state index in [1.807, 2.05) is 0 Å². The molecule has 16 nitrogen and oxygen atoms in total. The Morgan fingerprint density at radius 1 is 0.692 bits per heavy atom. The fraction of sp³-hybridized carbons (Fsp3) is 0.706. The highest BCUT2D eigenvalue weighted by Gasteiger charge is 2.64. The van der Waals surface area contributed by atoms with E-state index in [9.17, 15) is 38.3 Å². The van der Waals surface area contributed by atoms with Crippen molar-refractivity contribution in [3.63, 3.8) is 0 Å². The lowest BCUT2D eigenvalue weighted by molar-refractivity contribution is -0.158. The number of carbonyl (C=O) groups excluding carboxylic acids is 4. The summed E-state index contributed by atoms with van der Waals surface area (Å²) in [4.78, 5) is 62.5. The van der Waals surface area contributed by atoms with Gasteiger partial charge in [0.15, 0.2) is 0 Å². The Hall–Kier alpha value is -2.84. The van der Waals surface area contributed by atoms with E-state index in [4.69, 9.17) is 32.5 Å². The molecule has 1 amide bonds. The minimum atomic E-state index is -5.62. The van der Waals surface area contributed by atoms with Crippen LogP contribution in [0.3, 0.4) is 0 Å². The van der Waals surface area contributed by atoms with Crippen LogP contribution in [0.5, 0.6) is 0 Å². The number of benzene rings is 1. The van der Waals surface area contributed by atoms with E-state index < -0.39 is 88.8 Å². The molecule has 1 aromatic rings. The molecule has 0 aliphatic rings. The van der Waals surface area contributed by atoms with Gasteiger partial charge >= 0.3 is 39.2 Å². The van der Waals surface area contributed by atoms with E-state index in [0.717, 1.165) is 10.5 Å². The molecule has 0 aliphatic heterocycles. The number of hydrogen-bond donors (Lipinski definition) is 2. The number of ether oxygens (including phenoxy) is 4. The molecule has 0 heterocycles. The first kappa shape index (κ1) is 47.2. The largest absolute Gasteiger partial charge is 0.445 e. The molecule has 0 aromatic heterocycles. The van der Waals surface area contributed by atoms with Gasteiger partial charge in [0.2, 0.25) is 20.4 Å². The van der Waals surface area contributed by atoms with Crippen LogP contribution in [0.1, 0.15) is 98.5 Å². The van der Waals surface area contributed by atoms with Crippen LogP contribution in [0.25, 0.3) is 0 Å². The predicted octanol–water partition coefficient (Wildman–Crippen LogP) is 6.92. The number of nitrogens with zero attached hydrogens (tertiary/aromatic N) is 1. The Morgan fingerprint density at radius 2 is 1.10 bits per heavy atom. The molecule has 0 saturated carbocycles. The molecule has 1 rings (SSSR count). The average Bonchev–Trinajstić information content (AvgIpc) is 3.12. The molecule has 0 radical (unpaired) electrons. The molecular formula is C34H57NO15P2. The fourth-order valence-corrected chi connectivity index (χ4v) is 8.84. The van der Waals surface area contributed by atoms with Crippen molar-refractivity contribution in [2.45, 2.75) is 105 Å². The van der Waals surface area contributed by atoms with Crippen molar-refractivity contribution >= 4 is 39.2 Å². The smallest absolute Gasteiger partial charge is 0.409 e. The van der Waals surface area contributed by atoms with E-state index in [0.29, 0.717) is 38.5 Å². The molecule has 0 fully saturated rings. The van der Waals surface area contributed by atoms with Gasteiger partial charge in [0, 0.05) is 20.0 Å². The third kappa shape index (κ3) is 14.2. The number of rotatable bonds is 26. The molecule has 0 aliphatic carbocycles. The van der Waals surface area contributed by atoms with Crippen molar-refractivity contribution in [2.75, 3.05) is 34.0 Å². The lowest BCUT2D eigenvalue weighted by Crippen LogP contribution is -2.35. The van der Waals surface area contributed by atoms with Crippen molar-refractivity contribution in [1.29, 1.82) is 0 Å². The Labute approximate surface area is 306 Å². The number of hydrogen-bond acceptors (Lipinski definition) is 14. The van der Waals surface area contributed by atoms with Crippen LogP contribution < -0.4 is 0 Å². The minimum absolute atomic E-state index is 0.0363. The maximum absolute atomic E-state index is 14.5. The molecule has 18 heteroatoms. The first-order chi connectivity index (χ1) is 24.6. The SMILES string of the molecule is CCC(CC)C(=O)OCOP(=O)(O)C(O)(CCCN(C)C(=O)OCc1ccccc1)P(=O)(OCOC(=O)C(CC)CC)OCOC(=O)C(CC)CC. The summed E-state index contributed by atoms with van der Waals surface area (Å²) in [7, 11) is -9.65. The zero-order valence-electron chi connectivity index (χ0n) is 31.4. The zero-order chi connectivity index (χ0) is 39.4. The fourth-order valence-electron chi connectivity index (χ4n) is 4.94. The molecule has 2 unspecified atom stereocenters. The second-order valence-corrected chi connectivity index (χ2v) is 16.7. The highest BCUT2D eigenvalue weighted by molar-refractivity contribution is 7.73. The van der Waals surface area contributed by atoms with Gasteiger partial charge in [-0.1, -0.05) is 71.9 Å². The van der Waals surface area contributed by atoms with Crippen LogP contribution in [0, 0.1) is 17.8 Å². The Kier molecular flexibility index (Phi) is 21.5. The Morgan fingerprint density at radius 3 is 1.50 bits per heavy atom. The maximum Gasteiger partial charge on any atom is 0.409 e. The average molecular weight is 782 g/mol. The maximum atomic E-state index is 14.5. The summed E-state index contributed by atoms with van der Waals surface area (Å²) in [6.45, 7) is 6.96. The van der Waals surface area contributed by atoms with Crippen LogP contribution in [0.15, 0.2) is 30.3 Å². The molecule has 2 atom stereocenters. The van der Waals surface area contributed by atoms with Gasteiger partial charge in [0.25, 0.3) is 5.08 Å². The number of esters is 3. The summed E-state index contributed by atoms with van der Waals surface area (Å²) < 4.78 is 64.5. The third-order valence-electron chi connectivity index (χ3n) is 8.65. The summed E-state index contributed by atoms with van der Waals surface area (Å²) in [5, 5.41) is 8.52. The third-order valence-corrected chi connectivity index (χ3v) is 13.7. The quantitative estimate of drug-likeness (QED) is 0.0423. The summed E-state index contributed by atoms with van der Waals surface area (Å²) in [5.74, 6) is -3.82. The normalized spacial score (nSPS) is 14.1. The van der Waals surface area contributed by atoms with Crippen LogP contribution in [0.4, 0.5) is 4.79 Å². The van der Waals surface area contributed by atoms with Gasteiger partial charge in [-0.15, -0.1) is 0 Å². The monoisotopic (exact) mass is 781 g/mol. The van der Waals surface area contributed by atoms with Crippen LogP contribution in [-0.4, -0.2) is 78.0 Å². The van der Waals surface area contributed by atoms with Gasteiger partial charge in [-0.25, -0.2) is 4.79 Å². The van der Waals surface area contributed by atoms with Crippen LogP contribution in [0.2, 0.25) is 0 Å². The lowest BCUT2D eigenvalue weighted by Gasteiger charge is -2.36. The summed E-state index contributed by atoms with van der Waals surface area (Å²) in [6, 6.07) is 8.88. The van der Waals surface area contributed by atoms with Crippen molar-refractivity contribution in [1.82, 2.24) is 4.90 Å². The van der Waals surface area contributed by atoms with Gasteiger partial charge in [0.1, 0.15) is 6.61 Å². The lowest BCUT2D eigenvalue weighted by atomic mass is 10.0. The summed E-state index contributed by atoms with van der Waals surface area (Å²) in [6.07, 6.45) is 0.529. The minimum Gasteiger partial charge on any atom is -0.445 e. The molecule has 2 N–H and O–H groups in total. The van der Waals surface area contributed by atoms with Crippen molar-refractivity contribution in [2.24, 2.45) is 17.8 Å². The van der Waals surface area contributed by atoms with E-state index in [2.05, 4.69) is 0 Å². The second-order valence-electron chi connectivity index (χ2n) is 12.0. The highest BCUT2D eigenvalue weighted by atomic mass is 31.2. The van der Waals surface area contributed by atoms with E-state index in [-0.39, 0.29) is 19.6 Å². The van der Waals surface area contributed by atoms with Gasteiger partial charge in [-0.05, 0) is 50.5 Å². The van der Waals surface area contributed by atoms with Gasteiger partial charge in [-0.2, -0.15) is 0 Å². The molecule has 0 saturated heterocycles. The Balaban J connectivity index is 3.40. The summed E-state index contributed by atoms with van der Waals surface area (Å²) in [5.41, 5.74) is 0.729. The molecule has 0 bridgehead atoms. The predicted molar refractivity (Wildman–Crippen MR) is 189 cm³/mol. The topological polar surface area (TPSA) is 211 Å². The van der Waals surface area contributed by atoms with E-state index in [1.165, 1.54) is 7.05 Å². The van der Waals surface area contributed by atoms with Crippen LogP contribution >= 0.6 is 15.2 Å². The molecule has 1 aromatic carbocycles. The standard InChI is InChI=1S/C34H57NO15P2/c1-8-27(9-2)30(36)45-23-48-51(41,42)34(40,20-17-21-35(7)33(39)44-22-26-18-15-14-16-19-26)52(43,49-24-46-31(37)28(10-3)11-4)50-25-47-32(38)29(12-5)13-6/h14-16,18-19,27-29,40H,8-13,17,20-25H2,1-7H3,(H,41,42). The number of aliphatic hydroxyl groups is 1. The van der Waals surface area contributed by atoms with Gasteiger partial charge in [0.05, 0.1) is 17.8 Å². The molecule has 0 spiro atoms. The highest BCUT2D eigenvalue weighted by Crippen LogP contribution is 2.76. The molecule has 298 valence electrons.